The second-order valence-corrected chi connectivity index (χ2v) is 8.10. The summed E-state index contributed by atoms with van der Waals surface area (Å²) in [6.45, 7) is 3.69. The molecule has 0 saturated carbocycles. The van der Waals surface area contributed by atoms with Crippen LogP contribution in [0.4, 0.5) is 0 Å². The third-order valence-electron chi connectivity index (χ3n) is 5.78. The smallest absolute Gasteiger partial charge is 0.250 e. The Labute approximate surface area is 173 Å². The number of piperidine rings is 1. The normalized spacial score (nSPS) is 19.6. The number of nitrogens with zero attached hydrogens (tertiary/aromatic N) is 4. The van der Waals surface area contributed by atoms with Crippen LogP contribution in [-0.2, 0) is 14.4 Å². The number of hydrogen-bond acceptors (Lipinski definition) is 4. The van der Waals surface area contributed by atoms with Crippen LogP contribution in [0.15, 0.2) is 30.3 Å². The molecular formula is C22H32N4O3. The van der Waals surface area contributed by atoms with E-state index in [0.29, 0.717) is 39.1 Å². The van der Waals surface area contributed by atoms with Crippen LogP contribution in [0.3, 0.4) is 0 Å². The topological polar surface area (TPSA) is 64.2 Å². The minimum Gasteiger partial charge on any atom is -0.348 e. The number of likely N-dealkylation sites (tertiary alicyclic amines) is 1. The Morgan fingerprint density at radius 1 is 0.966 bits per heavy atom. The van der Waals surface area contributed by atoms with Gasteiger partial charge < -0.3 is 14.7 Å². The highest BCUT2D eigenvalue weighted by atomic mass is 16.2. The van der Waals surface area contributed by atoms with E-state index in [1.54, 1.807) is 23.9 Å². The van der Waals surface area contributed by atoms with Crippen molar-refractivity contribution in [1.29, 1.82) is 0 Å². The van der Waals surface area contributed by atoms with Crippen LogP contribution < -0.4 is 0 Å². The molecule has 1 aromatic carbocycles. The molecule has 0 radical (unpaired) electrons. The summed E-state index contributed by atoms with van der Waals surface area (Å²) in [4.78, 5) is 45.6. The summed E-state index contributed by atoms with van der Waals surface area (Å²) in [5, 5.41) is 0. The van der Waals surface area contributed by atoms with Gasteiger partial charge in [-0.1, -0.05) is 30.3 Å². The lowest BCUT2D eigenvalue weighted by Crippen LogP contribution is -2.48. The largest absolute Gasteiger partial charge is 0.348 e. The number of carbonyl (C=O) groups is 3. The van der Waals surface area contributed by atoms with Gasteiger partial charge in [-0.2, -0.15) is 0 Å². The van der Waals surface area contributed by atoms with Gasteiger partial charge in [0.2, 0.25) is 17.7 Å². The fourth-order valence-electron chi connectivity index (χ4n) is 4.05. The summed E-state index contributed by atoms with van der Waals surface area (Å²) in [5.41, 5.74) is 0.872. The summed E-state index contributed by atoms with van der Waals surface area (Å²) in [6, 6.07) is 9.07. The van der Waals surface area contributed by atoms with Crippen LogP contribution >= 0.6 is 0 Å². The molecule has 7 heteroatoms. The molecule has 158 valence electrons. The number of rotatable bonds is 5. The van der Waals surface area contributed by atoms with Crippen LogP contribution in [0.1, 0.15) is 37.3 Å². The number of amides is 3. The average molecular weight is 401 g/mol. The molecule has 1 unspecified atom stereocenters. The third kappa shape index (κ3) is 5.35. The zero-order valence-electron chi connectivity index (χ0n) is 17.5. The molecule has 29 heavy (non-hydrogen) atoms. The number of carbonyl (C=O) groups excluding carboxylic acids is 3. The van der Waals surface area contributed by atoms with Gasteiger partial charge in [-0.25, -0.2) is 0 Å². The molecule has 0 aromatic heterocycles. The van der Waals surface area contributed by atoms with Crippen molar-refractivity contribution >= 4 is 17.7 Å². The lowest BCUT2D eigenvalue weighted by Gasteiger charge is -2.37. The van der Waals surface area contributed by atoms with Gasteiger partial charge in [0, 0.05) is 53.2 Å². The first kappa shape index (κ1) is 21.3. The molecule has 0 spiro atoms. The van der Waals surface area contributed by atoms with Gasteiger partial charge >= 0.3 is 0 Å². The molecule has 1 atom stereocenters. The fraction of sp³-hybridized carbons (Fsp3) is 0.591. The number of likely N-dealkylation sites (N-methyl/N-ethyl adjacent to an activating group) is 1. The van der Waals surface area contributed by atoms with Crippen molar-refractivity contribution in [2.45, 2.75) is 31.7 Å². The first-order valence-electron chi connectivity index (χ1n) is 10.5. The molecule has 2 aliphatic heterocycles. The van der Waals surface area contributed by atoms with Gasteiger partial charge in [0.25, 0.3) is 0 Å². The van der Waals surface area contributed by atoms with Crippen LogP contribution in [0.2, 0.25) is 0 Å². The molecule has 0 N–H and O–H groups in total. The van der Waals surface area contributed by atoms with Crippen LogP contribution in [0, 0.1) is 0 Å². The summed E-state index contributed by atoms with van der Waals surface area (Å²) >= 11 is 0. The van der Waals surface area contributed by atoms with Crippen molar-refractivity contribution in [3.63, 3.8) is 0 Å². The highest BCUT2D eigenvalue weighted by Gasteiger charge is 2.35. The first-order valence-corrected chi connectivity index (χ1v) is 10.5. The van der Waals surface area contributed by atoms with Crippen molar-refractivity contribution in [2.75, 3.05) is 53.4 Å². The highest BCUT2D eigenvalue weighted by Crippen LogP contribution is 2.28. The molecule has 7 nitrogen and oxygen atoms in total. The average Bonchev–Trinajstić information content (AvgIpc) is 2.96. The zero-order valence-corrected chi connectivity index (χ0v) is 17.5. The van der Waals surface area contributed by atoms with Crippen molar-refractivity contribution in [1.82, 2.24) is 19.6 Å². The predicted molar refractivity (Wildman–Crippen MR) is 111 cm³/mol. The zero-order chi connectivity index (χ0) is 20.8. The quantitative estimate of drug-likeness (QED) is 0.749. The van der Waals surface area contributed by atoms with Gasteiger partial charge in [0.1, 0.15) is 6.04 Å². The lowest BCUT2D eigenvalue weighted by atomic mass is 10.00. The predicted octanol–water partition coefficient (Wildman–Crippen LogP) is 1.36. The monoisotopic (exact) mass is 400 g/mol. The van der Waals surface area contributed by atoms with Gasteiger partial charge in [-0.3, -0.25) is 19.3 Å². The maximum atomic E-state index is 13.6. The Bertz CT molecular complexity index is 722. The Balaban J connectivity index is 1.74. The molecule has 1 aromatic rings. The van der Waals surface area contributed by atoms with E-state index in [0.717, 1.165) is 31.4 Å². The molecular weight excluding hydrogens is 368 g/mol. The number of hydrogen-bond donors (Lipinski definition) is 0. The Hall–Kier alpha value is -2.41. The second-order valence-electron chi connectivity index (χ2n) is 8.10. The maximum Gasteiger partial charge on any atom is 0.250 e. The molecule has 3 amide bonds. The molecule has 2 fully saturated rings. The Morgan fingerprint density at radius 3 is 2.41 bits per heavy atom. The second kappa shape index (κ2) is 9.87. The Morgan fingerprint density at radius 2 is 1.72 bits per heavy atom. The van der Waals surface area contributed by atoms with Gasteiger partial charge in [-0.15, -0.1) is 0 Å². The van der Waals surface area contributed by atoms with Gasteiger partial charge in [0.05, 0.1) is 6.54 Å². The summed E-state index contributed by atoms with van der Waals surface area (Å²) in [6.07, 6.45) is 3.16. The van der Waals surface area contributed by atoms with Gasteiger partial charge in [0.15, 0.2) is 0 Å². The van der Waals surface area contributed by atoms with Crippen LogP contribution in [0.5, 0.6) is 0 Å². The minimum atomic E-state index is -0.557. The summed E-state index contributed by atoms with van der Waals surface area (Å²) in [7, 11) is 3.52. The summed E-state index contributed by atoms with van der Waals surface area (Å²) < 4.78 is 0. The minimum absolute atomic E-state index is 0.00719. The van der Waals surface area contributed by atoms with Crippen LogP contribution in [-0.4, -0.2) is 90.7 Å². The molecule has 2 saturated heterocycles. The van der Waals surface area contributed by atoms with Crippen molar-refractivity contribution in [3.05, 3.63) is 35.9 Å². The fourth-order valence-corrected chi connectivity index (χ4v) is 4.05. The van der Waals surface area contributed by atoms with Crippen molar-refractivity contribution < 1.29 is 14.4 Å². The van der Waals surface area contributed by atoms with E-state index < -0.39 is 6.04 Å². The van der Waals surface area contributed by atoms with E-state index in [4.69, 9.17) is 0 Å². The number of benzene rings is 1. The van der Waals surface area contributed by atoms with E-state index in [9.17, 15) is 14.4 Å². The lowest BCUT2D eigenvalue weighted by molar-refractivity contribution is -0.147. The van der Waals surface area contributed by atoms with Gasteiger partial charge in [-0.05, 0) is 24.8 Å². The third-order valence-corrected chi connectivity index (χ3v) is 5.78. The molecule has 2 heterocycles. The van der Waals surface area contributed by atoms with E-state index in [1.807, 2.05) is 35.2 Å². The standard InChI is InChI=1S/C22H32N4O3/c1-23(2)20(28)17-24-12-8-13-25(16-15-24)22(29)21(18-9-4-3-5-10-18)26-14-7-6-11-19(26)27/h3-5,9-10,21H,6-8,11-17H2,1-2H3. The highest BCUT2D eigenvalue weighted by molar-refractivity contribution is 5.89. The molecule has 0 bridgehead atoms. The van der Waals surface area contributed by atoms with Crippen LogP contribution in [0.25, 0.3) is 0 Å². The summed E-state index contributed by atoms with van der Waals surface area (Å²) in [5.74, 6) is 0.129. The SMILES string of the molecule is CN(C)C(=O)CN1CCCN(C(=O)C(c2ccccc2)N2CCCCC2=O)CC1. The molecule has 2 aliphatic rings. The Kier molecular flexibility index (Phi) is 7.25. The molecule has 0 aliphatic carbocycles. The molecule has 3 rings (SSSR count). The van der Waals surface area contributed by atoms with E-state index >= 15 is 0 Å². The first-order chi connectivity index (χ1) is 14.0. The van der Waals surface area contributed by atoms with E-state index in [-0.39, 0.29) is 17.7 Å². The van der Waals surface area contributed by atoms with Crippen molar-refractivity contribution in [2.24, 2.45) is 0 Å². The van der Waals surface area contributed by atoms with E-state index in [2.05, 4.69) is 4.90 Å². The van der Waals surface area contributed by atoms with Crippen molar-refractivity contribution in [3.8, 4) is 0 Å². The van der Waals surface area contributed by atoms with E-state index in [1.165, 1.54) is 0 Å². The maximum absolute atomic E-state index is 13.6.